The van der Waals surface area contributed by atoms with E-state index in [2.05, 4.69) is 4.72 Å². The van der Waals surface area contributed by atoms with Gasteiger partial charge in [-0.1, -0.05) is 0 Å². The topological polar surface area (TPSA) is 99.3 Å². The normalized spacial score (nSPS) is 24.8. The second-order valence-corrected chi connectivity index (χ2v) is 5.24. The van der Waals surface area contributed by atoms with Gasteiger partial charge in [-0.15, -0.1) is 0 Å². The Labute approximate surface area is 84.2 Å². The Morgan fingerprint density at radius 3 is 2.79 bits per heavy atom. The van der Waals surface area contributed by atoms with Crippen molar-refractivity contribution in [1.29, 1.82) is 5.41 Å². The molecule has 1 aliphatic rings. The zero-order valence-electron chi connectivity index (χ0n) is 8.16. The van der Waals surface area contributed by atoms with E-state index in [0.717, 1.165) is 12.8 Å². The van der Waals surface area contributed by atoms with Gasteiger partial charge in [-0.25, -0.2) is 4.72 Å². The van der Waals surface area contributed by atoms with Crippen LogP contribution in [-0.2, 0) is 10.2 Å². The molecule has 0 aromatic rings. The molecule has 1 atom stereocenters. The molecule has 1 fully saturated rings. The predicted octanol–water partition coefficient (Wildman–Crippen LogP) is -0.901. The number of hydrogen-bond acceptors (Lipinski definition) is 3. The minimum Gasteiger partial charge on any atom is -0.387 e. The van der Waals surface area contributed by atoms with Crippen LogP contribution in [-0.4, -0.2) is 38.7 Å². The van der Waals surface area contributed by atoms with Crippen LogP contribution in [0.15, 0.2) is 0 Å². The molecule has 1 rings (SSSR count). The van der Waals surface area contributed by atoms with Crippen molar-refractivity contribution in [3.63, 3.8) is 0 Å². The van der Waals surface area contributed by atoms with Crippen molar-refractivity contribution in [2.75, 3.05) is 20.1 Å². The number of piperidine rings is 1. The Morgan fingerprint density at radius 1 is 1.64 bits per heavy atom. The highest BCUT2D eigenvalue weighted by atomic mass is 32.2. The quantitative estimate of drug-likeness (QED) is 0.424. The summed E-state index contributed by atoms with van der Waals surface area (Å²) < 4.78 is 26.4. The Kier molecular flexibility index (Phi) is 3.46. The largest absolute Gasteiger partial charge is 0.387 e. The van der Waals surface area contributed by atoms with Crippen molar-refractivity contribution in [3.8, 4) is 0 Å². The number of hydrogen-bond donors (Lipinski definition) is 3. The van der Waals surface area contributed by atoms with Crippen LogP contribution < -0.4 is 10.5 Å². The second kappa shape index (κ2) is 4.24. The van der Waals surface area contributed by atoms with E-state index in [1.54, 1.807) is 0 Å². The number of nitrogens with zero attached hydrogens (tertiary/aromatic N) is 1. The van der Waals surface area contributed by atoms with Gasteiger partial charge >= 0.3 is 0 Å². The molecular formula is C7H16N4O2S. The lowest BCUT2D eigenvalue weighted by atomic mass is 9.99. The van der Waals surface area contributed by atoms with E-state index in [0.29, 0.717) is 13.1 Å². The van der Waals surface area contributed by atoms with E-state index in [-0.39, 0.29) is 11.8 Å². The highest BCUT2D eigenvalue weighted by molar-refractivity contribution is 7.87. The molecule has 82 valence electrons. The van der Waals surface area contributed by atoms with Crippen molar-refractivity contribution in [1.82, 2.24) is 9.03 Å². The molecule has 0 amide bonds. The minimum atomic E-state index is -3.36. The highest BCUT2D eigenvalue weighted by Crippen LogP contribution is 2.17. The molecule has 0 aromatic carbocycles. The fraction of sp³-hybridized carbons (Fsp3) is 0.857. The summed E-state index contributed by atoms with van der Waals surface area (Å²) in [4.78, 5) is 0. The number of nitrogens with two attached hydrogens (primary N) is 1. The maximum Gasteiger partial charge on any atom is 0.279 e. The predicted molar refractivity (Wildman–Crippen MR) is 54.2 cm³/mol. The zero-order chi connectivity index (χ0) is 10.8. The maximum atomic E-state index is 11.4. The molecule has 14 heavy (non-hydrogen) atoms. The zero-order valence-corrected chi connectivity index (χ0v) is 8.97. The summed E-state index contributed by atoms with van der Waals surface area (Å²) in [5, 5.41) is 7.28. The summed E-state index contributed by atoms with van der Waals surface area (Å²) in [7, 11) is -1.97. The van der Waals surface area contributed by atoms with Crippen LogP contribution in [0.25, 0.3) is 0 Å². The first kappa shape index (κ1) is 11.4. The lowest BCUT2D eigenvalue weighted by Crippen LogP contribution is -2.47. The van der Waals surface area contributed by atoms with Gasteiger partial charge in [-0.2, -0.15) is 12.7 Å². The monoisotopic (exact) mass is 220 g/mol. The Balaban J connectivity index is 2.70. The lowest BCUT2D eigenvalue weighted by Gasteiger charge is -2.30. The summed E-state index contributed by atoms with van der Waals surface area (Å²) in [5.41, 5.74) is 5.36. The molecule has 0 aliphatic carbocycles. The van der Waals surface area contributed by atoms with Gasteiger partial charge in [0, 0.05) is 26.1 Å². The highest BCUT2D eigenvalue weighted by Gasteiger charge is 2.28. The summed E-state index contributed by atoms with van der Waals surface area (Å²) in [6, 6.07) is 0. The van der Waals surface area contributed by atoms with Crippen LogP contribution in [0.4, 0.5) is 0 Å². The molecule has 7 heteroatoms. The first-order valence-corrected chi connectivity index (χ1v) is 5.94. The van der Waals surface area contributed by atoms with E-state index in [4.69, 9.17) is 11.1 Å². The molecule has 1 heterocycles. The molecule has 0 aromatic heterocycles. The summed E-state index contributed by atoms with van der Waals surface area (Å²) >= 11 is 0. The number of nitrogens with one attached hydrogen (secondary N) is 2. The van der Waals surface area contributed by atoms with Crippen LogP contribution in [0.2, 0.25) is 0 Å². The van der Waals surface area contributed by atoms with Crippen molar-refractivity contribution in [3.05, 3.63) is 0 Å². The fourth-order valence-corrected chi connectivity index (χ4v) is 2.55. The summed E-state index contributed by atoms with van der Waals surface area (Å²) in [6.45, 7) is 0.825. The summed E-state index contributed by atoms with van der Waals surface area (Å²) in [5.74, 6) is -0.0621. The number of rotatable bonds is 3. The smallest absolute Gasteiger partial charge is 0.279 e. The van der Waals surface area contributed by atoms with Crippen molar-refractivity contribution < 1.29 is 8.42 Å². The molecule has 4 N–H and O–H groups in total. The Bertz CT molecular complexity index is 314. The molecule has 6 nitrogen and oxygen atoms in total. The van der Waals surface area contributed by atoms with Crippen LogP contribution in [0, 0.1) is 11.3 Å². The lowest BCUT2D eigenvalue weighted by molar-refractivity contribution is 0.308. The Morgan fingerprint density at radius 2 is 2.29 bits per heavy atom. The van der Waals surface area contributed by atoms with E-state index < -0.39 is 10.2 Å². The van der Waals surface area contributed by atoms with Crippen LogP contribution in [0.5, 0.6) is 0 Å². The molecule has 0 bridgehead atoms. The standard InChI is InChI=1S/C7H16N4O2S/c1-10-14(12,13)11-4-2-3-6(5-11)7(8)9/h6,10H,2-5H2,1H3,(H3,8,9). The first-order chi connectivity index (χ1) is 6.47. The van der Waals surface area contributed by atoms with E-state index in [9.17, 15) is 8.42 Å². The molecule has 1 unspecified atom stereocenters. The third kappa shape index (κ3) is 2.43. The van der Waals surface area contributed by atoms with Crippen LogP contribution >= 0.6 is 0 Å². The van der Waals surface area contributed by atoms with Gasteiger partial charge in [-0.3, -0.25) is 5.41 Å². The van der Waals surface area contributed by atoms with Gasteiger partial charge in [-0.05, 0) is 12.8 Å². The van der Waals surface area contributed by atoms with Crippen molar-refractivity contribution in [2.45, 2.75) is 12.8 Å². The van der Waals surface area contributed by atoms with Crippen molar-refractivity contribution >= 4 is 16.0 Å². The van der Waals surface area contributed by atoms with Gasteiger partial charge in [0.05, 0.1) is 5.84 Å². The fourth-order valence-electron chi connectivity index (χ4n) is 1.54. The minimum absolute atomic E-state index is 0.0704. The molecular weight excluding hydrogens is 204 g/mol. The van der Waals surface area contributed by atoms with Crippen LogP contribution in [0.1, 0.15) is 12.8 Å². The Hall–Kier alpha value is -0.660. The van der Waals surface area contributed by atoms with Crippen LogP contribution in [0.3, 0.4) is 0 Å². The third-order valence-electron chi connectivity index (χ3n) is 2.42. The molecule has 1 saturated heterocycles. The average molecular weight is 220 g/mol. The number of amidine groups is 1. The maximum absolute atomic E-state index is 11.4. The summed E-state index contributed by atoms with van der Waals surface area (Å²) in [6.07, 6.45) is 1.55. The van der Waals surface area contributed by atoms with Gasteiger partial charge in [0.15, 0.2) is 0 Å². The average Bonchev–Trinajstić information content (AvgIpc) is 2.18. The third-order valence-corrected chi connectivity index (χ3v) is 3.95. The van der Waals surface area contributed by atoms with Gasteiger partial charge in [0.2, 0.25) is 0 Å². The van der Waals surface area contributed by atoms with Crippen molar-refractivity contribution in [2.24, 2.45) is 11.7 Å². The SMILES string of the molecule is CNS(=O)(=O)N1CCCC(C(=N)N)C1. The molecule has 0 saturated carbocycles. The first-order valence-electron chi connectivity index (χ1n) is 4.50. The molecule has 1 aliphatic heterocycles. The molecule has 0 spiro atoms. The van der Waals surface area contributed by atoms with Gasteiger partial charge < -0.3 is 5.73 Å². The van der Waals surface area contributed by atoms with E-state index >= 15 is 0 Å². The second-order valence-electron chi connectivity index (χ2n) is 3.36. The van der Waals surface area contributed by atoms with E-state index in [1.807, 2.05) is 0 Å². The van der Waals surface area contributed by atoms with E-state index in [1.165, 1.54) is 11.4 Å². The van der Waals surface area contributed by atoms with Gasteiger partial charge in [0.25, 0.3) is 10.2 Å². The van der Waals surface area contributed by atoms with Gasteiger partial charge in [0.1, 0.15) is 0 Å². The molecule has 0 radical (unpaired) electrons.